The molecule has 1 aliphatic rings. The van der Waals surface area contributed by atoms with Crippen LogP contribution in [-0.4, -0.2) is 64.1 Å². The number of aromatic hydroxyl groups is 1. The summed E-state index contributed by atoms with van der Waals surface area (Å²) in [7, 11) is 2.05. The van der Waals surface area contributed by atoms with Crippen molar-refractivity contribution in [3.63, 3.8) is 0 Å². The number of rotatable bonds is 6. The number of halogens is 4. The fourth-order valence-electron chi connectivity index (χ4n) is 3.70. The molecule has 1 aromatic heterocycles. The van der Waals surface area contributed by atoms with Gasteiger partial charge in [-0.1, -0.05) is 11.6 Å². The van der Waals surface area contributed by atoms with E-state index < -0.39 is 17.8 Å². The lowest BCUT2D eigenvalue weighted by atomic mass is 10.1. The van der Waals surface area contributed by atoms with E-state index >= 15 is 0 Å². The highest BCUT2D eigenvalue weighted by Gasteiger charge is 2.34. The van der Waals surface area contributed by atoms with Crippen LogP contribution in [0.1, 0.15) is 11.3 Å². The summed E-state index contributed by atoms with van der Waals surface area (Å²) in [5.74, 6) is -0.703. The second kappa shape index (κ2) is 11.2. The fraction of sp³-hybridized carbons (Fsp3) is 0.292. The minimum atomic E-state index is -4.73. The molecular weight excluding hydrogens is 509 g/mol. The molecule has 0 atom stereocenters. The van der Waals surface area contributed by atoms with Crippen molar-refractivity contribution in [1.29, 1.82) is 0 Å². The van der Waals surface area contributed by atoms with E-state index in [1.807, 2.05) is 0 Å². The minimum absolute atomic E-state index is 0.106. The van der Waals surface area contributed by atoms with Crippen LogP contribution in [0.25, 0.3) is 0 Å². The summed E-state index contributed by atoms with van der Waals surface area (Å²) in [6.45, 7) is 4.04. The number of anilines is 3. The highest BCUT2D eigenvalue weighted by molar-refractivity contribution is 6.30. The summed E-state index contributed by atoms with van der Waals surface area (Å²) < 4.78 is 40.6. The Morgan fingerprint density at radius 3 is 2.41 bits per heavy atom. The van der Waals surface area contributed by atoms with Gasteiger partial charge in [0.1, 0.15) is 11.6 Å². The molecule has 4 rings (SSSR count). The summed E-state index contributed by atoms with van der Waals surface area (Å²) in [6, 6.07) is 12.0. The van der Waals surface area contributed by atoms with E-state index in [4.69, 9.17) is 17.3 Å². The highest BCUT2D eigenvalue weighted by atomic mass is 35.5. The lowest BCUT2D eigenvalue weighted by molar-refractivity contribution is -0.141. The number of piperazine rings is 1. The van der Waals surface area contributed by atoms with Gasteiger partial charge >= 0.3 is 6.18 Å². The third-order valence-corrected chi connectivity index (χ3v) is 5.94. The topological polar surface area (TPSA) is 115 Å². The number of alkyl halides is 3. The molecule has 1 fully saturated rings. The van der Waals surface area contributed by atoms with Crippen LogP contribution in [0, 0.1) is 0 Å². The lowest BCUT2D eigenvalue weighted by Crippen LogP contribution is -2.43. The number of phenolic OH excluding ortho intramolecular Hbond substituents is 1. The molecule has 37 heavy (non-hydrogen) atoms. The first kappa shape index (κ1) is 26.5. The number of guanidine groups is 1. The molecule has 0 amide bonds. The normalized spacial score (nSPS) is 15.5. The standard InChI is InChI=1S/C24H26ClF3N8O/c1-35-8-10-36(11-9-35)14-15-12-18(6-7-19(15)37)30-21-13-20(24(26,27)28)32-23(33-21)34-22(29)31-17-4-2-16(25)3-5-17/h2-7,12-13,37H,8-11,14H2,1H3,(H4,29,30,31,32,33,34). The first-order chi connectivity index (χ1) is 17.5. The second-order valence-electron chi connectivity index (χ2n) is 8.61. The van der Waals surface area contributed by atoms with Crippen molar-refractivity contribution in [3.8, 4) is 5.75 Å². The second-order valence-corrected chi connectivity index (χ2v) is 9.05. The van der Waals surface area contributed by atoms with Gasteiger partial charge in [-0.25, -0.2) is 4.98 Å². The molecule has 0 bridgehead atoms. The number of hydrogen-bond acceptors (Lipinski definition) is 7. The van der Waals surface area contributed by atoms with Gasteiger partial charge in [0.25, 0.3) is 5.95 Å². The number of benzene rings is 2. The zero-order valence-corrected chi connectivity index (χ0v) is 20.7. The minimum Gasteiger partial charge on any atom is -0.508 e. The molecule has 13 heteroatoms. The van der Waals surface area contributed by atoms with Gasteiger partial charge in [0.2, 0.25) is 5.96 Å². The van der Waals surface area contributed by atoms with Crippen LogP contribution in [0.5, 0.6) is 5.75 Å². The average Bonchev–Trinajstić information content (AvgIpc) is 2.83. The molecule has 0 saturated carbocycles. The Balaban J connectivity index is 1.56. The fourth-order valence-corrected chi connectivity index (χ4v) is 3.82. The lowest BCUT2D eigenvalue weighted by Gasteiger charge is -2.32. The molecule has 0 spiro atoms. The molecule has 9 nitrogen and oxygen atoms in total. The van der Waals surface area contributed by atoms with Crippen molar-refractivity contribution in [2.24, 2.45) is 10.7 Å². The summed E-state index contributed by atoms with van der Waals surface area (Å²) >= 11 is 5.85. The number of aromatic nitrogens is 2. The maximum Gasteiger partial charge on any atom is 0.433 e. The average molecular weight is 535 g/mol. The summed E-state index contributed by atoms with van der Waals surface area (Å²) in [6.07, 6.45) is -4.73. The van der Waals surface area contributed by atoms with Gasteiger partial charge in [-0.05, 0) is 49.5 Å². The maximum absolute atomic E-state index is 13.5. The van der Waals surface area contributed by atoms with Gasteiger partial charge in [-0.2, -0.15) is 23.1 Å². The van der Waals surface area contributed by atoms with E-state index in [-0.39, 0.29) is 17.5 Å². The number of phenols is 1. The first-order valence-electron chi connectivity index (χ1n) is 11.4. The van der Waals surface area contributed by atoms with Crippen molar-refractivity contribution in [2.45, 2.75) is 12.7 Å². The predicted molar refractivity (Wildman–Crippen MR) is 138 cm³/mol. The third kappa shape index (κ3) is 7.44. The molecule has 1 aliphatic heterocycles. The molecule has 5 N–H and O–H groups in total. The van der Waals surface area contributed by atoms with Gasteiger partial charge < -0.3 is 26.4 Å². The molecule has 3 aromatic rings. The molecule has 1 saturated heterocycles. The van der Waals surface area contributed by atoms with Crippen molar-refractivity contribution < 1.29 is 18.3 Å². The summed E-state index contributed by atoms with van der Waals surface area (Å²) in [4.78, 5) is 15.9. The van der Waals surface area contributed by atoms with Gasteiger partial charge in [0.05, 0.1) is 0 Å². The zero-order chi connectivity index (χ0) is 26.6. The maximum atomic E-state index is 13.5. The Hall–Kier alpha value is -3.61. The van der Waals surface area contributed by atoms with Crippen LogP contribution in [0.4, 0.5) is 36.3 Å². The quantitative estimate of drug-likeness (QED) is 0.209. The number of nitrogens with zero attached hydrogens (tertiary/aromatic N) is 5. The van der Waals surface area contributed by atoms with E-state index in [1.54, 1.807) is 36.4 Å². The van der Waals surface area contributed by atoms with Gasteiger partial charge in [0.15, 0.2) is 5.69 Å². The number of aliphatic imine (C=N–C) groups is 1. The summed E-state index contributed by atoms with van der Waals surface area (Å²) in [5, 5.41) is 16.5. The van der Waals surface area contributed by atoms with Gasteiger partial charge in [-0.15, -0.1) is 0 Å². The van der Waals surface area contributed by atoms with Crippen LogP contribution in [0.3, 0.4) is 0 Å². The van der Waals surface area contributed by atoms with Gasteiger partial charge in [0, 0.05) is 60.8 Å². The van der Waals surface area contributed by atoms with Crippen molar-refractivity contribution in [1.82, 2.24) is 19.8 Å². The van der Waals surface area contributed by atoms with E-state index in [0.29, 0.717) is 28.5 Å². The van der Waals surface area contributed by atoms with Crippen LogP contribution in [-0.2, 0) is 12.7 Å². The van der Waals surface area contributed by atoms with Crippen LogP contribution < -0.4 is 16.4 Å². The van der Waals surface area contributed by atoms with Gasteiger partial charge in [-0.3, -0.25) is 4.90 Å². The van der Waals surface area contributed by atoms with Crippen LogP contribution in [0.15, 0.2) is 53.5 Å². The third-order valence-electron chi connectivity index (χ3n) is 5.68. The Bertz CT molecular complexity index is 1260. The summed E-state index contributed by atoms with van der Waals surface area (Å²) in [5.41, 5.74) is 6.32. The molecule has 0 aliphatic carbocycles. The van der Waals surface area contributed by atoms with E-state index in [9.17, 15) is 18.3 Å². The Labute approximate surface area is 216 Å². The Kier molecular flexibility index (Phi) is 8.00. The first-order valence-corrected chi connectivity index (χ1v) is 11.8. The number of nitrogens with two attached hydrogens (primary N) is 1. The van der Waals surface area contributed by atoms with Crippen molar-refractivity contribution in [3.05, 3.63) is 64.8 Å². The van der Waals surface area contributed by atoms with Crippen LogP contribution >= 0.6 is 11.6 Å². The highest BCUT2D eigenvalue weighted by Crippen LogP contribution is 2.32. The number of likely N-dealkylation sites (N-methyl/N-ethyl adjacent to an activating group) is 1. The molecule has 2 aromatic carbocycles. The largest absolute Gasteiger partial charge is 0.508 e. The molecular formula is C24H26ClF3N8O. The van der Waals surface area contributed by atoms with Crippen LogP contribution in [0.2, 0.25) is 5.02 Å². The van der Waals surface area contributed by atoms with E-state index in [2.05, 4.69) is 42.4 Å². The monoisotopic (exact) mass is 534 g/mol. The van der Waals surface area contributed by atoms with E-state index in [0.717, 1.165) is 32.2 Å². The SMILES string of the molecule is CN1CCN(Cc2cc(Nc3cc(C(F)(F)F)nc(/N=C(\N)Nc4ccc(Cl)cc4)n3)ccc2O)CC1. The predicted octanol–water partition coefficient (Wildman–Crippen LogP) is 4.40. The molecule has 2 heterocycles. The number of hydrogen-bond donors (Lipinski definition) is 4. The smallest absolute Gasteiger partial charge is 0.433 e. The molecule has 0 radical (unpaired) electrons. The molecule has 0 unspecified atom stereocenters. The number of nitrogens with one attached hydrogen (secondary N) is 2. The Morgan fingerprint density at radius 1 is 1.05 bits per heavy atom. The van der Waals surface area contributed by atoms with Crippen molar-refractivity contribution >= 4 is 40.7 Å². The zero-order valence-electron chi connectivity index (χ0n) is 19.9. The van der Waals surface area contributed by atoms with E-state index in [1.165, 1.54) is 6.07 Å². The molecule has 196 valence electrons. The van der Waals surface area contributed by atoms with Crippen molar-refractivity contribution in [2.75, 3.05) is 43.9 Å². The Morgan fingerprint density at radius 2 is 1.73 bits per heavy atom.